The molecule has 0 bridgehead atoms. The van der Waals surface area contributed by atoms with Crippen LogP contribution in [0.15, 0.2) is 0 Å². The summed E-state index contributed by atoms with van der Waals surface area (Å²) in [7, 11) is 0. The van der Waals surface area contributed by atoms with Gasteiger partial charge in [0, 0.05) is 18.5 Å². The highest BCUT2D eigenvalue weighted by Crippen LogP contribution is 2.29. The average molecular weight is 397 g/mol. The molecular weight excluding hydrogens is 348 g/mol. The van der Waals surface area contributed by atoms with Gasteiger partial charge in [-0.05, 0) is 44.1 Å². The van der Waals surface area contributed by atoms with E-state index in [4.69, 9.17) is 0 Å². The van der Waals surface area contributed by atoms with Gasteiger partial charge in [0.15, 0.2) is 0 Å². The van der Waals surface area contributed by atoms with Crippen molar-refractivity contribution in [1.29, 1.82) is 0 Å². The van der Waals surface area contributed by atoms with Crippen molar-refractivity contribution in [2.45, 2.75) is 117 Å². The summed E-state index contributed by atoms with van der Waals surface area (Å²) in [4.78, 5) is 12.7. The summed E-state index contributed by atoms with van der Waals surface area (Å²) in [5, 5.41) is 17.8. The molecule has 3 atom stereocenters. The van der Waals surface area contributed by atoms with Gasteiger partial charge >= 0.3 is 0 Å². The summed E-state index contributed by atoms with van der Waals surface area (Å²) >= 11 is 0. The van der Waals surface area contributed by atoms with E-state index in [-0.39, 0.29) is 23.8 Å². The Balaban J connectivity index is 2.65. The fourth-order valence-corrected chi connectivity index (χ4v) is 4.45. The van der Waals surface area contributed by atoms with E-state index in [1.807, 2.05) is 0 Å². The second-order valence-corrected chi connectivity index (χ2v) is 9.31. The largest absolute Gasteiger partial charge is 0.391 e. The van der Waals surface area contributed by atoms with Crippen molar-refractivity contribution < 1.29 is 9.90 Å². The Bertz CT molecular complexity index is 394. The van der Waals surface area contributed by atoms with Crippen molar-refractivity contribution in [2.75, 3.05) is 13.1 Å². The molecule has 0 spiro atoms. The maximum absolute atomic E-state index is 12.7. The normalized spacial score (nSPS) is 18.8. The summed E-state index contributed by atoms with van der Waals surface area (Å²) in [5.74, 6) is 0.970. The number of nitrogens with one attached hydrogen (secondary N) is 2. The Morgan fingerprint density at radius 2 is 1.68 bits per heavy atom. The first kappa shape index (κ1) is 25.4. The lowest BCUT2D eigenvalue weighted by molar-refractivity contribution is -0.127. The van der Waals surface area contributed by atoms with Gasteiger partial charge < -0.3 is 15.7 Å². The van der Waals surface area contributed by atoms with E-state index in [1.54, 1.807) is 0 Å². The van der Waals surface area contributed by atoms with Crippen LogP contribution in [0.25, 0.3) is 0 Å². The predicted molar refractivity (Wildman–Crippen MR) is 119 cm³/mol. The number of rotatable bonds is 15. The third-order valence-corrected chi connectivity index (χ3v) is 6.43. The van der Waals surface area contributed by atoms with Gasteiger partial charge in [0.25, 0.3) is 0 Å². The maximum atomic E-state index is 12.7. The molecule has 1 amide bonds. The molecule has 3 N–H and O–H groups in total. The van der Waals surface area contributed by atoms with Gasteiger partial charge in [0.1, 0.15) is 0 Å². The second-order valence-electron chi connectivity index (χ2n) is 9.31. The van der Waals surface area contributed by atoms with Crippen LogP contribution in [0.2, 0.25) is 0 Å². The number of aliphatic hydroxyl groups excluding tert-OH is 1. The van der Waals surface area contributed by atoms with Gasteiger partial charge in [-0.25, -0.2) is 0 Å². The first-order valence-electron chi connectivity index (χ1n) is 12.2. The van der Waals surface area contributed by atoms with Gasteiger partial charge in [-0.2, -0.15) is 0 Å². The van der Waals surface area contributed by atoms with Crippen molar-refractivity contribution >= 4 is 5.91 Å². The average Bonchev–Trinajstić information content (AvgIpc) is 2.68. The summed E-state index contributed by atoms with van der Waals surface area (Å²) in [5.41, 5.74) is 0. The molecule has 0 saturated heterocycles. The summed E-state index contributed by atoms with van der Waals surface area (Å²) in [6.07, 6.45) is 13.5. The quantitative estimate of drug-likeness (QED) is 0.340. The fourth-order valence-electron chi connectivity index (χ4n) is 4.45. The summed E-state index contributed by atoms with van der Waals surface area (Å²) in [6.45, 7) is 10.3. The Labute approximate surface area is 174 Å². The molecule has 0 aromatic rings. The highest BCUT2D eigenvalue weighted by atomic mass is 16.3. The lowest BCUT2D eigenvalue weighted by Gasteiger charge is -2.32. The number of unbranched alkanes of at least 4 members (excludes halogenated alkanes) is 3. The van der Waals surface area contributed by atoms with E-state index in [0.717, 1.165) is 44.7 Å². The van der Waals surface area contributed by atoms with Crippen LogP contribution in [0.3, 0.4) is 0 Å². The number of aliphatic hydroxyl groups is 1. The van der Waals surface area contributed by atoms with E-state index in [9.17, 15) is 9.90 Å². The standard InChI is InChI=1S/C24H48N2O2/c1-5-7-12-16-25-22(17-20-13-10-9-11-14-20)23(27)18-21(19(3)4)24(28)26-15-8-6-2/h19-23,25,27H,5-18H2,1-4H3,(H,26,28). The molecule has 1 saturated carbocycles. The third-order valence-electron chi connectivity index (χ3n) is 6.43. The maximum Gasteiger partial charge on any atom is 0.223 e. The monoisotopic (exact) mass is 396 g/mol. The zero-order valence-electron chi connectivity index (χ0n) is 19.1. The van der Waals surface area contributed by atoms with E-state index < -0.39 is 6.10 Å². The second kappa shape index (κ2) is 15.3. The molecule has 1 aliphatic rings. The highest BCUT2D eigenvalue weighted by molar-refractivity contribution is 5.78. The molecule has 4 heteroatoms. The molecule has 1 rings (SSSR count). The fraction of sp³-hybridized carbons (Fsp3) is 0.958. The van der Waals surface area contributed by atoms with Gasteiger partial charge in [-0.15, -0.1) is 0 Å². The lowest BCUT2D eigenvalue weighted by Crippen LogP contribution is -2.45. The number of carbonyl (C=O) groups is 1. The van der Waals surface area contributed by atoms with E-state index >= 15 is 0 Å². The lowest BCUT2D eigenvalue weighted by atomic mass is 9.81. The van der Waals surface area contributed by atoms with Crippen LogP contribution >= 0.6 is 0 Å². The van der Waals surface area contributed by atoms with Crippen LogP contribution in [-0.2, 0) is 4.79 Å². The zero-order chi connectivity index (χ0) is 20.8. The van der Waals surface area contributed by atoms with Crippen molar-refractivity contribution in [3.8, 4) is 0 Å². The molecule has 1 fully saturated rings. The first-order chi connectivity index (χ1) is 13.5. The van der Waals surface area contributed by atoms with Crippen LogP contribution in [-0.4, -0.2) is 36.2 Å². The van der Waals surface area contributed by atoms with Gasteiger partial charge in [0.05, 0.1) is 6.10 Å². The Hall–Kier alpha value is -0.610. The predicted octanol–water partition coefficient (Wildman–Crippen LogP) is 5.04. The SMILES string of the molecule is CCCCCNC(CC1CCCCC1)C(O)CC(C(=O)NCCCC)C(C)C. The number of carbonyl (C=O) groups excluding carboxylic acids is 1. The summed E-state index contributed by atoms with van der Waals surface area (Å²) in [6, 6.07) is 0.115. The van der Waals surface area contributed by atoms with E-state index in [1.165, 1.54) is 44.9 Å². The van der Waals surface area contributed by atoms with E-state index in [0.29, 0.717) is 6.42 Å². The molecule has 0 aromatic carbocycles. The Morgan fingerprint density at radius 3 is 2.29 bits per heavy atom. The van der Waals surface area contributed by atoms with Gasteiger partial charge in [-0.3, -0.25) is 4.79 Å². The smallest absolute Gasteiger partial charge is 0.223 e. The van der Waals surface area contributed by atoms with Crippen molar-refractivity contribution in [2.24, 2.45) is 17.8 Å². The molecular formula is C24H48N2O2. The van der Waals surface area contributed by atoms with Crippen molar-refractivity contribution in [3.63, 3.8) is 0 Å². The first-order valence-corrected chi connectivity index (χ1v) is 12.2. The third kappa shape index (κ3) is 10.2. The van der Waals surface area contributed by atoms with Crippen LogP contribution in [0.4, 0.5) is 0 Å². The van der Waals surface area contributed by atoms with Crippen LogP contribution in [0.5, 0.6) is 0 Å². The molecule has 166 valence electrons. The number of amides is 1. The Kier molecular flexibility index (Phi) is 13.9. The number of hydrogen-bond acceptors (Lipinski definition) is 3. The minimum atomic E-state index is -0.451. The molecule has 0 aromatic heterocycles. The minimum Gasteiger partial charge on any atom is -0.391 e. The van der Waals surface area contributed by atoms with Gasteiger partial charge in [0.2, 0.25) is 5.91 Å². The molecule has 0 radical (unpaired) electrons. The molecule has 28 heavy (non-hydrogen) atoms. The van der Waals surface area contributed by atoms with Crippen LogP contribution < -0.4 is 10.6 Å². The number of hydrogen-bond donors (Lipinski definition) is 3. The minimum absolute atomic E-state index is 0.113. The topological polar surface area (TPSA) is 61.4 Å². The van der Waals surface area contributed by atoms with Crippen molar-refractivity contribution in [1.82, 2.24) is 10.6 Å². The molecule has 1 aliphatic carbocycles. The van der Waals surface area contributed by atoms with Crippen LogP contribution in [0, 0.1) is 17.8 Å². The van der Waals surface area contributed by atoms with Crippen LogP contribution in [0.1, 0.15) is 105 Å². The van der Waals surface area contributed by atoms with Gasteiger partial charge in [-0.1, -0.05) is 79.1 Å². The molecule has 4 nitrogen and oxygen atoms in total. The zero-order valence-corrected chi connectivity index (χ0v) is 19.1. The molecule has 0 aliphatic heterocycles. The molecule has 3 unspecified atom stereocenters. The van der Waals surface area contributed by atoms with E-state index in [2.05, 4.69) is 38.3 Å². The highest BCUT2D eigenvalue weighted by Gasteiger charge is 2.30. The molecule has 0 heterocycles. The summed E-state index contributed by atoms with van der Waals surface area (Å²) < 4.78 is 0. The van der Waals surface area contributed by atoms with Crippen molar-refractivity contribution in [3.05, 3.63) is 0 Å². The Morgan fingerprint density at radius 1 is 1.00 bits per heavy atom.